The van der Waals surface area contributed by atoms with Gasteiger partial charge in [-0.2, -0.15) is 0 Å². The number of nitrogens with one attached hydrogen (secondary N) is 5. The smallest absolute Gasteiger partial charge is 0.325 e. The Kier molecular flexibility index (Phi) is 8.42. The molecule has 1 fully saturated rings. The Morgan fingerprint density at radius 1 is 1.09 bits per heavy atom. The van der Waals surface area contributed by atoms with Crippen LogP contribution in [-0.4, -0.2) is 70.4 Å². The van der Waals surface area contributed by atoms with Crippen molar-refractivity contribution < 1.29 is 29.1 Å². The van der Waals surface area contributed by atoms with E-state index in [2.05, 4.69) is 26.3 Å². The monoisotopic (exact) mass is 486 g/mol. The number of carbonyl (C=O) groups excluding carboxylic acids is 4. The van der Waals surface area contributed by atoms with Crippen LogP contribution in [0, 0.1) is 0 Å². The summed E-state index contributed by atoms with van der Waals surface area (Å²) in [6.45, 7) is 1.94. The lowest BCUT2D eigenvalue weighted by Crippen LogP contribution is -2.58. The van der Waals surface area contributed by atoms with Crippen LogP contribution in [0.15, 0.2) is 30.5 Å². The van der Waals surface area contributed by atoms with E-state index >= 15 is 0 Å². The number of carboxylic acids is 1. The maximum absolute atomic E-state index is 13.3. The third kappa shape index (κ3) is 6.79. The summed E-state index contributed by atoms with van der Waals surface area (Å²) in [5, 5.41) is 20.4. The molecule has 0 unspecified atom stereocenters. The number of aromatic nitrogens is 1. The Morgan fingerprint density at radius 2 is 1.80 bits per heavy atom. The highest BCUT2D eigenvalue weighted by molar-refractivity contribution is 5.96. The Morgan fingerprint density at radius 3 is 2.46 bits per heavy atom. The predicted molar refractivity (Wildman–Crippen MR) is 126 cm³/mol. The molecule has 1 aliphatic heterocycles. The van der Waals surface area contributed by atoms with Crippen LogP contribution in [-0.2, 0) is 30.4 Å². The number of rotatable bonds is 11. The molecule has 188 valence electrons. The van der Waals surface area contributed by atoms with Crippen molar-refractivity contribution in [3.63, 3.8) is 0 Å². The van der Waals surface area contributed by atoms with Gasteiger partial charge in [-0.3, -0.25) is 24.0 Å². The second kappa shape index (κ2) is 11.5. The molecule has 8 N–H and O–H groups in total. The number of aromatic amines is 1. The lowest BCUT2D eigenvalue weighted by Gasteiger charge is -2.24. The van der Waals surface area contributed by atoms with E-state index in [-0.39, 0.29) is 12.3 Å². The van der Waals surface area contributed by atoms with Gasteiger partial charge in [0.05, 0.1) is 12.5 Å². The molecule has 12 nitrogen and oxygen atoms in total. The van der Waals surface area contributed by atoms with Crippen molar-refractivity contribution >= 4 is 40.5 Å². The number of amides is 4. The molecule has 0 radical (unpaired) electrons. The minimum absolute atomic E-state index is 0.116. The standard InChI is InChI=1S/C23H30N6O6/c1-12(23(34)35)27-21(32)18(10-19(24)30)29-22(33)17(28-20(31)16-7-4-8-25-16)9-13-11-26-15-6-3-2-5-14(13)15/h2-3,5-6,11-12,16-18,25-26H,4,7-10H2,1H3,(H2,24,30)(H,27,32)(H,28,31)(H,29,33)(H,34,35)/t12-,16-,17-,18-/m0/s1. The van der Waals surface area contributed by atoms with E-state index in [1.807, 2.05) is 24.3 Å². The number of fused-ring (bicyclic) bond motifs is 1. The van der Waals surface area contributed by atoms with Crippen LogP contribution >= 0.6 is 0 Å². The molecule has 0 spiro atoms. The quantitative estimate of drug-likeness (QED) is 0.209. The van der Waals surface area contributed by atoms with Gasteiger partial charge < -0.3 is 37.1 Å². The molecule has 4 amide bonds. The van der Waals surface area contributed by atoms with Gasteiger partial charge in [-0.1, -0.05) is 18.2 Å². The fourth-order valence-corrected chi connectivity index (χ4v) is 3.97. The lowest BCUT2D eigenvalue weighted by molar-refractivity contribution is -0.142. The highest BCUT2D eigenvalue weighted by Crippen LogP contribution is 2.19. The van der Waals surface area contributed by atoms with Crippen molar-refractivity contribution in [2.45, 2.75) is 56.8 Å². The van der Waals surface area contributed by atoms with E-state index in [1.54, 1.807) is 6.20 Å². The molecule has 2 heterocycles. The summed E-state index contributed by atoms with van der Waals surface area (Å²) >= 11 is 0. The molecule has 35 heavy (non-hydrogen) atoms. The molecule has 1 saturated heterocycles. The molecule has 4 atom stereocenters. The number of hydrogen-bond donors (Lipinski definition) is 7. The summed E-state index contributed by atoms with van der Waals surface area (Å²) in [6.07, 6.45) is 2.78. The van der Waals surface area contributed by atoms with Crippen LogP contribution in [0.3, 0.4) is 0 Å². The summed E-state index contributed by atoms with van der Waals surface area (Å²) in [7, 11) is 0. The molecule has 0 saturated carbocycles. The van der Waals surface area contributed by atoms with Crippen LogP contribution in [0.4, 0.5) is 0 Å². The highest BCUT2D eigenvalue weighted by Gasteiger charge is 2.32. The minimum atomic E-state index is -1.41. The zero-order chi connectivity index (χ0) is 25.5. The van der Waals surface area contributed by atoms with Crippen molar-refractivity contribution in [3.8, 4) is 0 Å². The number of primary amides is 1. The normalized spacial score (nSPS) is 17.8. The average Bonchev–Trinajstić information content (AvgIpc) is 3.48. The molecule has 2 aromatic rings. The number of para-hydroxylation sites is 1. The summed E-state index contributed by atoms with van der Waals surface area (Å²) < 4.78 is 0. The Labute approximate surface area is 201 Å². The molecule has 1 aromatic carbocycles. The predicted octanol–water partition coefficient (Wildman–Crippen LogP) is -1.10. The number of aliphatic carboxylic acids is 1. The first-order valence-corrected chi connectivity index (χ1v) is 11.4. The first-order valence-electron chi connectivity index (χ1n) is 11.4. The fraction of sp³-hybridized carbons (Fsp3) is 0.435. The molecule has 0 bridgehead atoms. The molecular weight excluding hydrogens is 456 g/mol. The second-order valence-corrected chi connectivity index (χ2v) is 8.57. The third-order valence-corrected chi connectivity index (χ3v) is 5.88. The summed E-state index contributed by atoms with van der Waals surface area (Å²) in [5.74, 6) is -4.07. The van der Waals surface area contributed by atoms with Gasteiger partial charge >= 0.3 is 5.97 Å². The zero-order valence-corrected chi connectivity index (χ0v) is 19.3. The number of H-pyrrole nitrogens is 1. The van der Waals surface area contributed by atoms with Gasteiger partial charge in [-0.15, -0.1) is 0 Å². The molecule has 1 aliphatic rings. The topological polar surface area (TPSA) is 196 Å². The van der Waals surface area contributed by atoms with E-state index in [1.165, 1.54) is 6.92 Å². The van der Waals surface area contributed by atoms with Crippen molar-refractivity contribution in [3.05, 3.63) is 36.0 Å². The van der Waals surface area contributed by atoms with E-state index in [4.69, 9.17) is 10.8 Å². The van der Waals surface area contributed by atoms with Crippen molar-refractivity contribution in [2.24, 2.45) is 5.73 Å². The van der Waals surface area contributed by atoms with Gasteiger partial charge in [-0.25, -0.2) is 0 Å². The lowest BCUT2D eigenvalue weighted by atomic mass is 10.0. The number of carbonyl (C=O) groups is 5. The van der Waals surface area contributed by atoms with Gasteiger partial charge in [0, 0.05) is 23.5 Å². The first kappa shape index (κ1) is 25.7. The van der Waals surface area contributed by atoms with Gasteiger partial charge in [0.25, 0.3) is 0 Å². The maximum Gasteiger partial charge on any atom is 0.325 e. The Balaban J connectivity index is 1.81. The zero-order valence-electron chi connectivity index (χ0n) is 19.3. The van der Waals surface area contributed by atoms with Crippen molar-refractivity contribution in [1.29, 1.82) is 0 Å². The van der Waals surface area contributed by atoms with E-state index in [0.29, 0.717) is 13.0 Å². The first-order chi connectivity index (χ1) is 16.7. The highest BCUT2D eigenvalue weighted by atomic mass is 16.4. The van der Waals surface area contributed by atoms with E-state index in [9.17, 15) is 24.0 Å². The van der Waals surface area contributed by atoms with Gasteiger partial charge in [0.15, 0.2) is 0 Å². The summed E-state index contributed by atoms with van der Waals surface area (Å²) in [4.78, 5) is 64.4. The summed E-state index contributed by atoms with van der Waals surface area (Å²) in [6, 6.07) is 3.33. The van der Waals surface area contributed by atoms with Crippen molar-refractivity contribution in [1.82, 2.24) is 26.3 Å². The minimum Gasteiger partial charge on any atom is -0.480 e. The Hall–Kier alpha value is -3.93. The number of carboxylic acid groups (broad SMARTS) is 1. The Bertz CT molecular complexity index is 1110. The van der Waals surface area contributed by atoms with Crippen LogP contribution in [0.5, 0.6) is 0 Å². The molecule has 0 aliphatic carbocycles. The van der Waals surface area contributed by atoms with E-state index < -0.39 is 54.3 Å². The maximum atomic E-state index is 13.3. The number of benzene rings is 1. The number of hydrogen-bond acceptors (Lipinski definition) is 6. The largest absolute Gasteiger partial charge is 0.480 e. The van der Waals surface area contributed by atoms with Crippen LogP contribution in [0.2, 0.25) is 0 Å². The SMILES string of the molecule is C[C@H](NC(=O)[C@H](CC(N)=O)NC(=O)[C@H](Cc1c[nH]c2ccccc12)NC(=O)[C@@H]1CCCN1)C(=O)O. The summed E-state index contributed by atoms with van der Waals surface area (Å²) in [5.41, 5.74) is 6.87. The molecule has 3 rings (SSSR count). The fourth-order valence-electron chi connectivity index (χ4n) is 3.97. The van der Waals surface area contributed by atoms with Gasteiger partial charge in [0.2, 0.25) is 23.6 Å². The van der Waals surface area contributed by atoms with Gasteiger partial charge in [0.1, 0.15) is 18.1 Å². The van der Waals surface area contributed by atoms with Crippen LogP contribution < -0.4 is 27.0 Å². The van der Waals surface area contributed by atoms with Crippen molar-refractivity contribution in [2.75, 3.05) is 6.54 Å². The van der Waals surface area contributed by atoms with E-state index in [0.717, 1.165) is 22.9 Å². The molecule has 12 heteroatoms. The van der Waals surface area contributed by atoms with Gasteiger partial charge in [-0.05, 0) is 37.9 Å². The van der Waals surface area contributed by atoms with Crippen LogP contribution in [0.25, 0.3) is 10.9 Å². The number of nitrogens with two attached hydrogens (primary N) is 1. The molecular formula is C23H30N6O6. The third-order valence-electron chi connectivity index (χ3n) is 5.88. The van der Waals surface area contributed by atoms with Crippen LogP contribution in [0.1, 0.15) is 31.7 Å². The average molecular weight is 487 g/mol. The second-order valence-electron chi connectivity index (χ2n) is 8.57. The molecule has 1 aromatic heterocycles.